The first-order valence-electron chi connectivity index (χ1n) is 16.2. The van der Waals surface area contributed by atoms with Gasteiger partial charge < -0.3 is 4.90 Å². The summed E-state index contributed by atoms with van der Waals surface area (Å²) < 4.78 is 0. The fourth-order valence-corrected chi connectivity index (χ4v) is 9.40. The van der Waals surface area contributed by atoms with Gasteiger partial charge in [-0.2, -0.15) is 0 Å². The van der Waals surface area contributed by atoms with Crippen molar-refractivity contribution in [1.29, 1.82) is 0 Å². The van der Waals surface area contributed by atoms with E-state index < -0.39 is 0 Å². The first-order valence-corrected chi connectivity index (χ1v) is 17.1. The van der Waals surface area contributed by atoms with Crippen molar-refractivity contribution >= 4 is 39.6 Å². The van der Waals surface area contributed by atoms with Crippen molar-refractivity contribution in [3.63, 3.8) is 0 Å². The van der Waals surface area contributed by atoms with Gasteiger partial charge in [-0.25, -0.2) is 0 Å². The maximum Gasteiger partial charge on any atom is 0.0540 e. The average molecular weight is 610 g/mol. The standard InChI is InChI=1S/C44H35NS/c1-43(2)37-15-7-6-14-35(37)36-24-23-33(28-38(36)43)45(40-16-10-12-30-11-4-5-13-34(30)40)32-21-18-29(19-22-32)31-20-25-41-39(27-31)44(3)26-9-8-17-42(44)46-41/h4-28,42H,1-3H3. The number of thioether (sulfide) groups is 1. The Bertz CT molecular complexity index is 2230. The largest absolute Gasteiger partial charge is 0.310 e. The summed E-state index contributed by atoms with van der Waals surface area (Å²) in [6.07, 6.45) is 9.11. The Labute approximate surface area is 275 Å². The van der Waals surface area contributed by atoms with E-state index in [2.05, 4.69) is 177 Å². The van der Waals surface area contributed by atoms with Gasteiger partial charge >= 0.3 is 0 Å². The third kappa shape index (κ3) is 4.03. The molecular formula is C44H35NS. The van der Waals surface area contributed by atoms with Gasteiger partial charge in [0.1, 0.15) is 0 Å². The average Bonchev–Trinajstić information content (AvgIpc) is 3.52. The molecule has 9 rings (SSSR count). The Morgan fingerprint density at radius 1 is 0.587 bits per heavy atom. The number of hydrogen-bond donors (Lipinski definition) is 0. The molecule has 2 aliphatic carbocycles. The van der Waals surface area contributed by atoms with Crippen molar-refractivity contribution in [3.05, 3.63) is 168 Å². The van der Waals surface area contributed by atoms with Gasteiger partial charge in [0.25, 0.3) is 0 Å². The van der Waals surface area contributed by atoms with Crippen LogP contribution >= 0.6 is 11.8 Å². The smallest absolute Gasteiger partial charge is 0.0540 e. The van der Waals surface area contributed by atoms with Crippen LogP contribution < -0.4 is 4.90 Å². The molecule has 1 aliphatic heterocycles. The summed E-state index contributed by atoms with van der Waals surface area (Å²) >= 11 is 1.98. The SMILES string of the molecule is CC1(C)c2ccccc2-c2ccc(N(c3ccc(-c4ccc5c(c4)C4(C)C=CC=CC4S5)cc3)c3cccc4ccccc34)cc21. The monoisotopic (exact) mass is 609 g/mol. The second kappa shape index (κ2) is 10.1. The Kier molecular flexibility index (Phi) is 6.05. The maximum absolute atomic E-state index is 2.44. The van der Waals surface area contributed by atoms with E-state index in [1.54, 1.807) is 0 Å². The fraction of sp³-hybridized carbons (Fsp3) is 0.136. The van der Waals surface area contributed by atoms with E-state index in [-0.39, 0.29) is 10.8 Å². The third-order valence-electron chi connectivity index (χ3n) is 10.5. The molecule has 1 heterocycles. The van der Waals surface area contributed by atoms with Crippen LogP contribution in [-0.2, 0) is 10.8 Å². The molecule has 3 aliphatic rings. The van der Waals surface area contributed by atoms with Crippen molar-refractivity contribution in [2.45, 2.75) is 41.7 Å². The Morgan fingerprint density at radius 3 is 2.22 bits per heavy atom. The van der Waals surface area contributed by atoms with Crippen molar-refractivity contribution < 1.29 is 0 Å². The molecule has 0 radical (unpaired) electrons. The number of fused-ring (bicyclic) bond motifs is 7. The van der Waals surface area contributed by atoms with Crippen LogP contribution in [0.15, 0.2) is 157 Å². The van der Waals surface area contributed by atoms with Gasteiger partial charge in [0.15, 0.2) is 0 Å². The van der Waals surface area contributed by atoms with Gasteiger partial charge in [-0.05, 0) is 86.8 Å². The van der Waals surface area contributed by atoms with E-state index in [1.165, 1.54) is 66.0 Å². The second-order valence-corrected chi connectivity index (χ2v) is 14.7. The molecule has 6 aromatic carbocycles. The van der Waals surface area contributed by atoms with Gasteiger partial charge in [0, 0.05) is 37.7 Å². The summed E-state index contributed by atoms with van der Waals surface area (Å²) in [7, 11) is 0. The van der Waals surface area contributed by atoms with Crippen LogP contribution in [0.3, 0.4) is 0 Å². The summed E-state index contributed by atoms with van der Waals surface area (Å²) in [5.74, 6) is 0. The highest BCUT2D eigenvalue weighted by Crippen LogP contribution is 2.53. The topological polar surface area (TPSA) is 3.24 Å². The van der Waals surface area contributed by atoms with Crippen LogP contribution in [-0.4, -0.2) is 5.25 Å². The Hall–Kier alpha value is -4.79. The van der Waals surface area contributed by atoms with Crippen LogP contribution in [0.25, 0.3) is 33.0 Å². The van der Waals surface area contributed by atoms with Crippen LogP contribution in [0.1, 0.15) is 37.5 Å². The summed E-state index contributed by atoms with van der Waals surface area (Å²) in [6.45, 7) is 7.09. The number of allylic oxidation sites excluding steroid dienone is 3. The lowest BCUT2D eigenvalue weighted by Crippen LogP contribution is -2.28. The number of anilines is 3. The minimum absolute atomic E-state index is 0.0386. The van der Waals surface area contributed by atoms with E-state index in [4.69, 9.17) is 0 Å². The van der Waals surface area contributed by atoms with E-state index >= 15 is 0 Å². The number of hydrogen-bond acceptors (Lipinski definition) is 2. The predicted molar refractivity (Wildman–Crippen MR) is 197 cm³/mol. The molecule has 0 bridgehead atoms. The van der Waals surface area contributed by atoms with Gasteiger partial charge in [0.2, 0.25) is 0 Å². The molecule has 0 N–H and O–H groups in total. The molecule has 2 unspecified atom stereocenters. The van der Waals surface area contributed by atoms with E-state index in [1.807, 2.05) is 11.8 Å². The van der Waals surface area contributed by atoms with Crippen molar-refractivity contribution in [2.24, 2.45) is 0 Å². The molecule has 0 spiro atoms. The number of benzene rings is 6. The summed E-state index contributed by atoms with van der Waals surface area (Å²) in [5, 5.41) is 2.94. The molecule has 1 nitrogen and oxygen atoms in total. The highest BCUT2D eigenvalue weighted by molar-refractivity contribution is 8.00. The summed E-state index contributed by atoms with van der Waals surface area (Å²) in [4.78, 5) is 3.84. The van der Waals surface area contributed by atoms with Gasteiger partial charge in [-0.15, -0.1) is 11.8 Å². The number of nitrogens with zero attached hydrogens (tertiary/aromatic N) is 1. The van der Waals surface area contributed by atoms with Gasteiger partial charge in [0.05, 0.1) is 5.69 Å². The fourth-order valence-electron chi connectivity index (χ4n) is 7.95. The second-order valence-electron chi connectivity index (χ2n) is 13.6. The van der Waals surface area contributed by atoms with Crippen molar-refractivity contribution in [1.82, 2.24) is 0 Å². The first-order chi connectivity index (χ1) is 22.4. The van der Waals surface area contributed by atoms with E-state index in [9.17, 15) is 0 Å². The molecule has 2 heteroatoms. The third-order valence-corrected chi connectivity index (χ3v) is 12.0. The molecular weight excluding hydrogens is 575 g/mol. The molecule has 46 heavy (non-hydrogen) atoms. The number of rotatable bonds is 4. The van der Waals surface area contributed by atoms with E-state index in [0.717, 1.165) is 5.69 Å². The highest BCUT2D eigenvalue weighted by Gasteiger charge is 2.42. The molecule has 0 saturated carbocycles. The molecule has 0 aromatic heterocycles. The molecule has 222 valence electrons. The van der Waals surface area contributed by atoms with Crippen LogP contribution in [0.4, 0.5) is 17.1 Å². The lowest BCUT2D eigenvalue weighted by atomic mass is 9.76. The molecule has 0 saturated heterocycles. The zero-order valence-electron chi connectivity index (χ0n) is 26.4. The molecule has 0 fully saturated rings. The Morgan fingerprint density at radius 2 is 1.33 bits per heavy atom. The summed E-state index contributed by atoms with van der Waals surface area (Å²) in [5.41, 5.74) is 12.9. The first kappa shape index (κ1) is 27.5. The maximum atomic E-state index is 2.44. The lowest BCUT2D eigenvalue weighted by molar-refractivity contribution is 0.620. The minimum Gasteiger partial charge on any atom is -0.310 e. The zero-order valence-corrected chi connectivity index (χ0v) is 27.2. The Balaban J connectivity index is 1.16. The van der Waals surface area contributed by atoms with Crippen LogP contribution in [0, 0.1) is 0 Å². The van der Waals surface area contributed by atoms with Crippen LogP contribution in [0.5, 0.6) is 0 Å². The van der Waals surface area contributed by atoms with Crippen molar-refractivity contribution in [2.75, 3.05) is 4.90 Å². The van der Waals surface area contributed by atoms with Gasteiger partial charge in [-0.1, -0.05) is 130 Å². The summed E-state index contributed by atoms with van der Waals surface area (Å²) in [6, 6.07) is 47.5. The predicted octanol–water partition coefficient (Wildman–Crippen LogP) is 12.1. The molecule has 0 amide bonds. The quantitative estimate of drug-likeness (QED) is 0.196. The molecule has 2 atom stereocenters. The lowest BCUT2D eigenvalue weighted by Gasteiger charge is -2.29. The molecule has 6 aromatic rings. The van der Waals surface area contributed by atoms with Gasteiger partial charge in [-0.3, -0.25) is 0 Å². The highest BCUT2D eigenvalue weighted by atomic mass is 32.2. The van der Waals surface area contributed by atoms with Crippen LogP contribution in [0.2, 0.25) is 0 Å². The zero-order chi connectivity index (χ0) is 31.0. The minimum atomic E-state index is -0.0684. The van der Waals surface area contributed by atoms with E-state index in [0.29, 0.717) is 5.25 Å². The normalized spacial score (nSPS) is 19.8. The van der Waals surface area contributed by atoms with Crippen molar-refractivity contribution in [3.8, 4) is 22.3 Å².